The van der Waals surface area contributed by atoms with Crippen LogP contribution in [0.25, 0.3) is 0 Å². The van der Waals surface area contributed by atoms with Crippen LogP contribution in [0.5, 0.6) is 0 Å². The molecule has 1 saturated heterocycles. The SMILES string of the molecule is CCOC(=O)c1ccc(NC(=O)CSc2ccc(N3CCN(c4ccccc4)CC3)nn2)cc1. The number of hydrogen-bond donors (Lipinski definition) is 1. The number of carbonyl (C=O) groups excluding carboxylic acids is 2. The van der Waals surface area contributed by atoms with E-state index in [1.165, 1.54) is 17.4 Å². The van der Waals surface area contributed by atoms with Gasteiger partial charge in [0.15, 0.2) is 5.82 Å². The number of carbonyl (C=O) groups is 2. The highest BCUT2D eigenvalue weighted by Gasteiger charge is 2.18. The summed E-state index contributed by atoms with van der Waals surface area (Å²) in [5, 5.41) is 12.2. The lowest BCUT2D eigenvalue weighted by Gasteiger charge is -2.36. The summed E-state index contributed by atoms with van der Waals surface area (Å²) in [5.74, 6) is 0.527. The predicted octanol–water partition coefficient (Wildman–Crippen LogP) is 3.71. The largest absolute Gasteiger partial charge is 0.462 e. The number of rotatable bonds is 8. The molecular formula is C25H27N5O3S. The molecule has 0 atom stereocenters. The summed E-state index contributed by atoms with van der Waals surface area (Å²) in [4.78, 5) is 28.6. The van der Waals surface area contributed by atoms with Gasteiger partial charge >= 0.3 is 5.97 Å². The van der Waals surface area contributed by atoms with Crippen LogP contribution in [0.4, 0.5) is 17.2 Å². The number of para-hydroxylation sites is 1. The Morgan fingerprint density at radius 2 is 1.62 bits per heavy atom. The Balaban J connectivity index is 1.22. The van der Waals surface area contributed by atoms with Gasteiger partial charge in [0, 0.05) is 37.6 Å². The van der Waals surface area contributed by atoms with Crippen molar-refractivity contribution in [2.24, 2.45) is 0 Å². The number of ether oxygens (including phenoxy) is 1. The lowest BCUT2D eigenvalue weighted by Crippen LogP contribution is -2.46. The van der Waals surface area contributed by atoms with Gasteiger partial charge in [-0.1, -0.05) is 30.0 Å². The van der Waals surface area contributed by atoms with E-state index in [1.54, 1.807) is 31.2 Å². The maximum absolute atomic E-state index is 12.3. The third kappa shape index (κ3) is 6.26. The molecule has 0 bridgehead atoms. The van der Waals surface area contributed by atoms with Crippen molar-refractivity contribution in [3.8, 4) is 0 Å². The third-order valence-corrected chi connectivity index (χ3v) is 6.30. The van der Waals surface area contributed by atoms with E-state index in [4.69, 9.17) is 4.74 Å². The first-order chi connectivity index (χ1) is 16.6. The molecule has 1 aliphatic heterocycles. The Bertz CT molecular complexity index is 1090. The Kier molecular flexibility index (Phi) is 7.98. The maximum atomic E-state index is 12.3. The first kappa shape index (κ1) is 23.6. The summed E-state index contributed by atoms with van der Waals surface area (Å²) in [6.07, 6.45) is 0. The van der Waals surface area contributed by atoms with Crippen LogP contribution in [-0.2, 0) is 9.53 Å². The fourth-order valence-corrected chi connectivity index (χ4v) is 4.25. The molecule has 1 aliphatic rings. The van der Waals surface area contributed by atoms with E-state index < -0.39 is 0 Å². The van der Waals surface area contributed by atoms with Crippen molar-refractivity contribution in [2.45, 2.75) is 11.9 Å². The molecule has 0 aliphatic carbocycles. The number of piperazine rings is 1. The molecular weight excluding hydrogens is 450 g/mol. The second-order valence-electron chi connectivity index (χ2n) is 7.67. The number of thioether (sulfide) groups is 1. The van der Waals surface area contributed by atoms with Crippen molar-refractivity contribution in [1.82, 2.24) is 10.2 Å². The van der Waals surface area contributed by atoms with Gasteiger partial charge in [-0.3, -0.25) is 4.79 Å². The van der Waals surface area contributed by atoms with Gasteiger partial charge < -0.3 is 19.9 Å². The monoisotopic (exact) mass is 477 g/mol. The quantitative estimate of drug-likeness (QED) is 0.388. The smallest absolute Gasteiger partial charge is 0.338 e. The molecule has 0 unspecified atom stereocenters. The molecule has 8 nitrogen and oxygen atoms in total. The Morgan fingerprint density at radius 1 is 0.912 bits per heavy atom. The average molecular weight is 478 g/mol. The van der Waals surface area contributed by atoms with Crippen LogP contribution in [0.3, 0.4) is 0 Å². The molecule has 2 heterocycles. The molecule has 4 rings (SSSR count). The molecule has 0 spiro atoms. The van der Waals surface area contributed by atoms with Crippen LogP contribution < -0.4 is 15.1 Å². The Morgan fingerprint density at radius 3 is 2.26 bits per heavy atom. The number of anilines is 3. The van der Waals surface area contributed by atoms with Crippen molar-refractivity contribution in [3.63, 3.8) is 0 Å². The van der Waals surface area contributed by atoms with Crippen molar-refractivity contribution in [2.75, 3.05) is 53.7 Å². The molecule has 0 radical (unpaired) electrons. The number of hydrogen-bond acceptors (Lipinski definition) is 8. The van der Waals surface area contributed by atoms with Gasteiger partial charge in [0.05, 0.1) is 17.9 Å². The van der Waals surface area contributed by atoms with E-state index in [0.29, 0.717) is 22.9 Å². The topological polar surface area (TPSA) is 87.7 Å². The standard InChI is InChI=1S/C25H27N5O3S/c1-2-33-25(32)19-8-10-20(11-9-19)26-23(31)18-34-24-13-12-22(27-28-24)30-16-14-29(15-17-30)21-6-4-3-5-7-21/h3-13H,2,14-18H2,1H3,(H,26,31). The van der Waals surface area contributed by atoms with E-state index in [1.807, 2.05) is 18.2 Å². The zero-order chi connectivity index (χ0) is 23.8. The van der Waals surface area contributed by atoms with Crippen LogP contribution in [0.1, 0.15) is 17.3 Å². The maximum Gasteiger partial charge on any atom is 0.338 e. The van der Waals surface area contributed by atoms with Crippen LogP contribution >= 0.6 is 11.8 Å². The van der Waals surface area contributed by atoms with Gasteiger partial charge in [-0.2, -0.15) is 0 Å². The van der Waals surface area contributed by atoms with Crippen molar-refractivity contribution in [3.05, 3.63) is 72.3 Å². The lowest BCUT2D eigenvalue weighted by molar-refractivity contribution is -0.113. The first-order valence-electron chi connectivity index (χ1n) is 11.2. The highest BCUT2D eigenvalue weighted by atomic mass is 32.2. The molecule has 1 fully saturated rings. The van der Waals surface area contributed by atoms with E-state index in [9.17, 15) is 9.59 Å². The zero-order valence-electron chi connectivity index (χ0n) is 19.0. The van der Waals surface area contributed by atoms with Gasteiger partial charge in [-0.15, -0.1) is 10.2 Å². The summed E-state index contributed by atoms with van der Waals surface area (Å²) in [6, 6.07) is 20.9. The van der Waals surface area contributed by atoms with Gasteiger partial charge in [-0.05, 0) is 55.5 Å². The van der Waals surface area contributed by atoms with E-state index in [0.717, 1.165) is 32.0 Å². The summed E-state index contributed by atoms with van der Waals surface area (Å²) in [7, 11) is 0. The van der Waals surface area contributed by atoms with Crippen molar-refractivity contribution in [1.29, 1.82) is 0 Å². The summed E-state index contributed by atoms with van der Waals surface area (Å²) in [6.45, 7) is 5.71. The number of aromatic nitrogens is 2. The molecule has 0 saturated carbocycles. The summed E-state index contributed by atoms with van der Waals surface area (Å²) in [5.41, 5.74) is 2.31. The third-order valence-electron chi connectivity index (χ3n) is 5.38. The Hall–Kier alpha value is -3.59. The molecule has 3 aromatic rings. The normalized spacial score (nSPS) is 13.4. The highest BCUT2D eigenvalue weighted by Crippen LogP contribution is 2.21. The van der Waals surface area contributed by atoms with E-state index in [2.05, 4.69) is 49.6 Å². The van der Waals surface area contributed by atoms with E-state index >= 15 is 0 Å². The van der Waals surface area contributed by atoms with Crippen molar-refractivity contribution < 1.29 is 14.3 Å². The fraction of sp³-hybridized carbons (Fsp3) is 0.280. The number of benzene rings is 2. The van der Waals surface area contributed by atoms with Gasteiger partial charge in [0.2, 0.25) is 5.91 Å². The first-order valence-corrected chi connectivity index (χ1v) is 12.2. The molecule has 1 aromatic heterocycles. The minimum Gasteiger partial charge on any atom is -0.462 e. The van der Waals surface area contributed by atoms with Crippen LogP contribution in [0.15, 0.2) is 71.8 Å². The van der Waals surface area contributed by atoms with Crippen molar-refractivity contribution >= 4 is 40.8 Å². The fourth-order valence-electron chi connectivity index (χ4n) is 3.63. The molecule has 2 aromatic carbocycles. The average Bonchev–Trinajstić information content (AvgIpc) is 2.89. The highest BCUT2D eigenvalue weighted by molar-refractivity contribution is 7.99. The van der Waals surface area contributed by atoms with Crippen LogP contribution in [-0.4, -0.2) is 60.6 Å². The molecule has 9 heteroatoms. The van der Waals surface area contributed by atoms with Crippen LogP contribution in [0, 0.1) is 0 Å². The lowest BCUT2D eigenvalue weighted by atomic mass is 10.2. The van der Waals surface area contributed by atoms with Gasteiger partial charge in [0.1, 0.15) is 5.03 Å². The number of esters is 1. The van der Waals surface area contributed by atoms with E-state index in [-0.39, 0.29) is 17.6 Å². The predicted molar refractivity (Wildman–Crippen MR) is 135 cm³/mol. The van der Waals surface area contributed by atoms with Gasteiger partial charge in [0.25, 0.3) is 0 Å². The summed E-state index contributed by atoms with van der Waals surface area (Å²) >= 11 is 1.33. The van der Waals surface area contributed by atoms with Crippen LogP contribution in [0.2, 0.25) is 0 Å². The summed E-state index contributed by atoms with van der Waals surface area (Å²) < 4.78 is 4.96. The zero-order valence-corrected chi connectivity index (χ0v) is 19.8. The minimum atomic E-state index is -0.379. The second-order valence-corrected chi connectivity index (χ2v) is 8.67. The molecule has 1 amide bonds. The van der Waals surface area contributed by atoms with Gasteiger partial charge in [-0.25, -0.2) is 4.79 Å². The molecule has 176 valence electrons. The molecule has 34 heavy (non-hydrogen) atoms. The minimum absolute atomic E-state index is 0.156. The number of nitrogens with one attached hydrogen (secondary N) is 1. The molecule has 1 N–H and O–H groups in total. The number of amides is 1. The Labute approximate surface area is 203 Å². The number of nitrogens with zero attached hydrogens (tertiary/aromatic N) is 4. The second kappa shape index (κ2) is 11.5.